The molecule has 0 atom stereocenters. The van der Waals surface area contributed by atoms with E-state index < -0.39 is 0 Å². The summed E-state index contributed by atoms with van der Waals surface area (Å²) in [5.41, 5.74) is 3.45. The van der Waals surface area contributed by atoms with Crippen LogP contribution in [0.4, 0.5) is 0 Å². The molecule has 1 N–H and O–H groups in total. The molecule has 1 fully saturated rings. The molecule has 3 heterocycles. The zero-order valence-electron chi connectivity index (χ0n) is 16.8. The van der Waals surface area contributed by atoms with E-state index in [9.17, 15) is 4.79 Å². The van der Waals surface area contributed by atoms with Gasteiger partial charge in [-0.2, -0.15) is 5.10 Å². The fourth-order valence-electron chi connectivity index (χ4n) is 3.82. The van der Waals surface area contributed by atoms with Gasteiger partial charge in [-0.25, -0.2) is 4.98 Å². The average molecular weight is 410 g/mol. The summed E-state index contributed by atoms with van der Waals surface area (Å²) in [4.78, 5) is 19.6. The summed E-state index contributed by atoms with van der Waals surface area (Å²) in [6.45, 7) is 6.15. The molecule has 29 heavy (non-hydrogen) atoms. The minimum atomic E-state index is 0.107. The van der Waals surface area contributed by atoms with Crippen molar-refractivity contribution in [3.8, 4) is 0 Å². The van der Waals surface area contributed by atoms with Crippen LogP contribution in [-0.4, -0.2) is 38.7 Å². The number of thiazole rings is 1. The number of aryl methyl sites for hydroxylation is 1. The van der Waals surface area contributed by atoms with Crippen molar-refractivity contribution >= 4 is 17.2 Å². The van der Waals surface area contributed by atoms with E-state index >= 15 is 0 Å². The summed E-state index contributed by atoms with van der Waals surface area (Å²) in [5, 5.41) is 10.6. The maximum atomic E-state index is 12.6. The van der Waals surface area contributed by atoms with Gasteiger partial charge in [-0.15, -0.1) is 11.3 Å². The number of carbonyl (C=O) groups is 1. The Bertz CT molecular complexity index is 928. The van der Waals surface area contributed by atoms with Crippen LogP contribution in [-0.2, 0) is 24.4 Å². The van der Waals surface area contributed by atoms with Crippen LogP contribution in [0.25, 0.3) is 0 Å². The number of likely N-dealkylation sites (tertiary alicyclic amines) is 1. The Labute approximate surface area is 175 Å². The number of nitrogens with zero attached hydrogens (tertiary/aromatic N) is 4. The van der Waals surface area contributed by atoms with E-state index in [1.165, 1.54) is 5.56 Å². The van der Waals surface area contributed by atoms with Crippen LogP contribution in [0.2, 0.25) is 0 Å². The van der Waals surface area contributed by atoms with E-state index in [2.05, 4.69) is 43.9 Å². The molecule has 1 aliphatic rings. The number of amides is 1. The molecule has 0 aliphatic carbocycles. The molecule has 1 aromatic carbocycles. The zero-order chi connectivity index (χ0) is 20.1. The van der Waals surface area contributed by atoms with E-state index in [0.717, 1.165) is 55.3 Å². The highest BCUT2D eigenvalue weighted by Crippen LogP contribution is 2.20. The van der Waals surface area contributed by atoms with Gasteiger partial charge in [0.15, 0.2) is 0 Å². The van der Waals surface area contributed by atoms with Crippen molar-refractivity contribution in [2.45, 2.75) is 39.4 Å². The molecule has 0 spiro atoms. The Morgan fingerprint density at radius 3 is 2.76 bits per heavy atom. The van der Waals surface area contributed by atoms with E-state index in [-0.39, 0.29) is 11.8 Å². The lowest BCUT2D eigenvalue weighted by atomic mass is 9.95. The number of carbonyl (C=O) groups excluding carboxylic acids is 1. The molecular weight excluding hydrogens is 382 g/mol. The second-order valence-corrected chi connectivity index (χ2v) is 8.71. The number of piperidine rings is 1. The van der Waals surface area contributed by atoms with E-state index in [0.29, 0.717) is 6.54 Å². The van der Waals surface area contributed by atoms with Gasteiger partial charge in [-0.3, -0.25) is 14.4 Å². The minimum Gasteiger partial charge on any atom is -0.352 e. The van der Waals surface area contributed by atoms with Gasteiger partial charge in [0.1, 0.15) is 0 Å². The van der Waals surface area contributed by atoms with Crippen LogP contribution in [0, 0.1) is 12.8 Å². The van der Waals surface area contributed by atoms with Gasteiger partial charge in [0.2, 0.25) is 5.91 Å². The van der Waals surface area contributed by atoms with Crippen molar-refractivity contribution in [3.05, 3.63) is 69.9 Å². The van der Waals surface area contributed by atoms with Gasteiger partial charge in [0, 0.05) is 36.8 Å². The van der Waals surface area contributed by atoms with E-state index in [1.54, 1.807) is 17.5 Å². The molecule has 0 bridgehead atoms. The van der Waals surface area contributed by atoms with Crippen molar-refractivity contribution in [1.29, 1.82) is 0 Å². The molecule has 2 aromatic heterocycles. The van der Waals surface area contributed by atoms with Crippen LogP contribution >= 0.6 is 11.3 Å². The molecule has 0 saturated carbocycles. The predicted molar refractivity (Wildman–Crippen MR) is 114 cm³/mol. The maximum Gasteiger partial charge on any atom is 0.223 e. The molecule has 7 heteroatoms. The first-order valence-electron chi connectivity index (χ1n) is 10.1. The third kappa shape index (κ3) is 5.52. The molecule has 152 valence electrons. The summed E-state index contributed by atoms with van der Waals surface area (Å²) in [5.74, 6) is 0.280. The Balaban J connectivity index is 1.23. The molecule has 1 amide bonds. The molecular formula is C22H27N5OS. The van der Waals surface area contributed by atoms with Crippen molar-refractivity contribution in [1.82, 2.24) is 25.0 Å². The highest BCUT2D eigenvalue weighted by molar-refractivity contribution is 7.09. The van der Waals surface area contributed by atoms with Crippen LogP contribution in [0.15, 0.2) is 48.1 Å². The van der Waals surface area contributed by atoms with Crippen LogP contribution in [0.1, 0.15) is 34.7 Å². The van der Waals surface area contributed by atoms with Gasteiger partial charge in [0.05, 0.1) is 17.2 Å². The quantitative estimate of drug-likeness (QED) is 0.651. The average Bonchev–Trinajstić information content (AvgIpc) is 3.39. The third-order valence-electron chi connectivity index (χ3n) is 5.37. The first kappa shape index (κ1) is 19.8. The second-order valence-electron chi connectivity index (χ2n) is 7.65. The van der Waals surface area contributed by atoms with Gasteiger partial charge >= 0.3 is 0 Å². The van der Waals surface area contributed by atoms with Gasteiger partial charge in [-0.05, 0) is 50.0 Å². The van der Waals surface area contributed by atoms with Gasteiger partial charge in [-0.1, -0.05) is 24.3 Å². The summed E-state index contributed by atoms with van der Waals surface area (Å²) in [7, 11) is 0. The van der Waals surface area contributed by atoms with Crippen LogP contribution < -0.4 is 5.32 Å². The highest BCUT2D eigenvalue weighted by Gasteiger charge is 2.25. The number of rotatable bonds is 7. The number of hydrogen-bond donors (Lipinski definition) is 1. The maximum absolute atomic E-state index is 12.6. The first-order chi connectivity index (χ1) is 14.2. The second kappa shape index (κ2) is 9.33. The molecule has 0 radical (unpaired) electrons. The van der Waals surface area contributed by atoms with Gasteiger partial charge in [0.25, 0.3) is 0 Å². The Kier molecular flexibility index (Phi) is 6.36. The monoisotopic (exact) mass is 409 g/mol. The van der Waals surface area contributed by atoms with Crippen molar-refractivity contribution in [2.24, 2.45) is 5.92 Å². The van der Waals surface area contributed by atoms with Crippen molar-refractivity contribution < 1.29 is 4.79 Å². The molecule has 1 saturated heterocycles. The lowest BCUT2D eigenvalue weighted by molar-refractivity contribution is -0.126. The Hall–Kier alpha value is -2.51. The highest BCUT2D eigenvalue weighted by atomic mass is 32.1. The molecule has 0 unspecified atom stereocenters. The van der Waals surface area contributed by atoms with E-state index in [1.807, 2.05) is 29.9 Å². The molecule has 6 nitrogen and oxygen atoms in total. The SMILES string of the molecule is Cc1nc(CN2CCC(C(=O)NCc3cccc(Cn4cccn4)c3)CC2)cs1. The lowest BCUT2D eigenvalue weighted by Crippen LogP contribution is -2.40. The standard InChI is InChI=1S/C22H27N5OS/c1-17-25-21(16-29-17)15-26-10-6-20(7-11-26)22(28)23-13-18-4-2-5-19(12-18)14-27-9-3-8-24-27/h2-5,8-9,12,16,20H,6-7,10-11,13-15H2,1H3,(H,23,28). The fourth-order valence-corrected chi connectivity index (χ4v) is 4.42. The molecule has 1 aliphatic heterocycles. The zero-order valence-corrected chi connectivity index (χ0v) is 17.6. The first-order valence-corrected chi connectivity index (χ1v) is 11.0. The largest absolute Gasteiger partial charge is 0.352 e. The number of hydrogen-bond acceptors (Lipinski definition) is 5. The van der Waals surface area contributed by atoms with Crippen molar-refractivity contribution in [3.63, 3.8) is 0 Å². The minimum absolute atomic E-state index is 0.107. The summed E-state index contributed by atoms with van der Waals surface area (Å²) in [6.07, 6.45) is 5.56. The fraction of sp³-hybridized carbons (Fsp3) is 0.409. The van der Waals surface area contributed by atoms with E-state index in [4.69, 9.17) is 0 Å². The normalized spacial score (nSPS) is 15.5. The lowest BCUT2D eigenvalue weighted by Gasteiger charge is -2.30. The van der Waals surface area contributed by atoms with Gasteiger partial charge < -0.3 is 5.32 Å². The topological polar surface area (TPSA) is 63.1 Å². The number of nitrogens with one attached hydrogen (secondary N) is 1. The summed E-state index contributed by atoms with van der Waals surface area (Å²) < 4.78 is 1.90. The Morgan fingerprint density at radius 2 is 2.03 bits per heavy atom. The molecule has 4 rings (SSSR count). The predicted octanol–water partition coefficient (Wildman–Crippen LogP) is 3.22. The summed E-state index contributed by atoms with van der Waals surface area (Å²) >= 11 is 1.70. The summed E-state index contributed by atoms with van der Waals surface area (Å²) in [6, 6.07) is 10.3. The van der Waals surface area contributed by atoms with Crippen LogP contribution in [0.3, 0.4) is 0 Å². The Morgan fingerprint density at radius 1 is 1.21 bits per heavy atom. The van der Waals surface area contributed by atoms with Crippen molar-refractivity contribution in [2.75, 3.05) is 13.1 Å². The number of benzene rings is 1. The third-order valence-corrected chi connectivity index (χ3v) is 6.19. The molecule has 3 aromatic rings. The smallest absolute Gasteiger partial charge is 0.223 e. The van der Waals surface area contributed by atoms with Crippen LogP contribution in [0.5, 0.6) is 0 Å². The number of aromatic nitrogens is 3.